The van der Waals surface area contributed by atoms with E-state index in [1.54, 1.807) is 0 Å². The minimum absolute atomic E-state index is 0.218. The molecule has 100 valence electrons. The van der Waals surface area contributed by atoms with Gasteiger partial charge in [0.05, 0.1) is 6.61 Å². The quantitative estimate of drug-likeness (QED) is 0.607. The van der Waals surface area contributed by atoms with Crippen LogP contribution in [0.15, 0.2) is 0 Å². The fourth-order valence-electron chi connectivity index (χ4n) is 1.51. The van der Waals surface area contributed by atoms with Crippen LogP contribution in [0.2, 0.25) is 18.1 Å². The molecule has 1 fully saturated rings. The van der Waals surface area contributed by atoms with Crippen molar-refractivity contribution in [3.05, 3.63) is 0 Å². The highest BCUT2D eigenvalue weighted by atomic mass is 28.4. The molecule has 0 saturated heterocycles. The summed E-state index contributed by atoms with van der Waals surface area (Å²) in [6, 6.07) is 0. The van der Waals surface area contributed by atoms with Gasteiger partial charge in [-0.2, -0.15) is 0 Å². The summed E-state index contributed by atoms with van der Waals surface area (Å²) in [6.07, 6.45) is 3.34. The van der Waals surface area contributed by atoms with E-state index in [-0.39, 0.29) is 16.9 Å². The van der Waals surface area contributed by atoms with E-state index in [9.17, 15) is 4.79 Å². The molecular formula is C13H27NO2Si. The lowest BCUT2D eigenvalue weighted by atomic mass is 9.85. The van der Waals surface area contributed by atoms with Crippen LogP contribution in [0.4, 0.5) is 0 Å². The molecule has 0 aliphatic heterocycles. The van der Waals surface area contributed by atoms with Crippen molar-refractivity contribution in [1.82, 2.24) is 5.32 Å². The smallest absolute Gasteiger partial charge is 0.223 e. The Bertz CT molecular complexity index is 267. The van der Waals surface area contributed by atoms with Crippen LogP contribution in [0.1, 0.15) is 40.0 Å². The number of carbonyl (C=O) groups is 1. The zero-order chi connectivity index (χ0) is 13.1. The van der Waals surface area contributed by atoms with Crippen molar-refractivity contribution >= 4 is 14.2 Å². The van der Waals surface area contributed by atoms with Crippen molar-refractivity contribution in [1.29, 1.82) is 0 Å². The van der Waals surface area contributed by atoms with Crippen LogP contribution in [-0.4, -0.2) is 27.4 Å². The van der Waals surface area contributed by atoms with E-state index in [4.69, 9.17) is 4.43 Å². The first-order valence-corrected chi connectivity index (χ1v) is 9.56. The Morgan fingerprint density at radius 2 is 1.94 bits per heavy atom. The number of hydrogen-bond acceptors (Lipinski definition) is 2. The molecule has 1 N–H and O–H groups in total. The van der Waals surface area contributed by atoms with Gasteiger partial charge >= 0.3 is 0 Å². The fourth-order valence-corrected chi connectivity index (χ4v) is 2.56. The Labute approximate surface area is 106 Å². The summed E-state index contributed by atoms with van der Waals surface area (Å²) in [4.78, 5) is 11.6. The third kappa shape index (κ3) is 4.10. The molecule has 3 nitrogen and oxygen atoms in total. The topological polar surface area (TPSA) is 38.3 Å². The Morgan fingerprint density at radius 1 is 1.35 bits per heavy atom. The molecule has 4 heteroatoms. The molecule has 1 aliphatic rings. The molecule has 0 spiro atoms. The van der Waals surface area contributed by atoms with Gasteiger partial charge in [-0.25, -0.2) is 0 Å². The second kappa shape index (κ2) is 5.53. The lowest BCUT2D eigenvalue weighted by Gasteiger charge is -2.36. The van der Waals surface area contributed by atoms with Gasteiger partial charge in [-0.15, -0.1) is 0 Å². The summed E-state index contributed by atoms with van der Waals surface area (Å²) < 4.78 is 6.00. The van der Waals surface area contributed by atoms with Gasteiger partial charge in [0.2, 0.25) is 5.91 Å². The molecule has 1 amide bonds. The third-order valence-corrected chi connectivity index (χ3v) is 8.68. The van der Waals surface area contributed by atoms with Gasteiger partial charge in [-0.1, -0.05) is 27.2 Å². The minimum Gasteiger partial charge on any atom is -0.415 e. The first kappa shape index (κ1) is 14.7. The zero-order valence-electron chi connectivity index (χ0n) is 11.9. The van der Waals surface area contributed by atoms with Gasteiger partial charge in [-0.05, 0) is 31.0 Å². The van der Waals surface area contributed by atoms with Crippen LogP contribution in [0.3, 0.4) is 0 Å². The summed E-state index contributed by atoms with van der Waals surface area (Å²) in [7, 11) is -1.65. The lowest BCUT2D eigenvalue weighted by Crippen LogP contribution is -2.43. The van der Waals surface area contributed by atoms with Crippen LogP contribution in [0, 0.1) is 5.92 Å². The molecule has 1 rings (SSSR count). The summed E-state index contributed by atoms with van der Waals surface area (Å²) in [5.74, 6) is 0.498. The fraction of sp³-hybridized carbons (Fsp3) is 0.923. The van der Waals surface area contributed by atoms with E-state index in [1.165, 1.54) is 6.42 Å². The molecular weight excluding hydrogens is 230 g/mol. The highest BCUT2D eigenvalue weighted by Gasteiger charge is 2.36. The van der Waals surface area contributed by atoms with E-state index >= 15 is 0 Å². The van der Waals surface area contributed by atoms with Crippen LogP contribution in [-0.2, 0) is 9.22 Å². The SMILES string of the molecule is CC(C)(C)[Si](C)(C)OCCNC(=O)C1CCC1. The van der Waals surface area contributed by atoms with E-state index in [0.717, 1.165) is 12.8 Å². The summed E-state index contributed by atoms with van der Waals surface area (Å²) in [5.41, 5.74) is 0. The second-order valence-corrected chi connectivity index (χ2v) is 11.3. The first-order valence-electron chi connectivity index (χ1n) is 6.66. The Balaban J connectivity index is 2.17. The van der Waals surface area contributed by atoms with Crippen molar-refractivity contribution in [3.8, 4) is 0 Å². The maximum absolute atomic E-state index is 11.6. The first-order chi connectivity index (χ1) is 7.74. The molecule has 0 radical (unpaired) electrons. The van der Waals surface area contributed by atoms with Gasteiger partial charge < -0.3 is 9.74 Å². The van der Waals surface area contributed by atoms with Crippen LogP contribution < -0.4 is 5.32 Å². The average Bonchev–Trinajstić information content (AvgIpc) is 2.07. The van der Waals surface area contributed by atoms with Gasteiger partial charge in [0, 0.05) is 12.5 Å². The normalized spacial score (nSPS) is 17.7. The van der Waals surface area contributed by atoms with Crippen LogP contribution >= 0.6 is 0 Å². The number of carbonyl (C=O) groups excluding carboxylic acids is 1. The molecule has 0 aromatic carbocycles. The van der Waals surface area contributed by atoms with Crippen molar-refractivity contribution in [2.24, 2.45) is 5.92 Å². The van der Waals surface area contributed by atoms with Gasteiger partial charge in [0.1, 0.15) is 0 Å². The predicted octanol–water partition coefficient (Wildman–Crippen LogP) is 2.92. The van der Waals surface area contributed by atoms with Crippen molar-refractivity contribution in [3.63, 3.8) is 0 Å². The molecule has 0 heterocycles. The van der Waals surface area contributed by atoms with E-state index in [0.29, 0.717) is 13.2 Å². The highest BCUT2D eigenvalue weighted by Crippen LogP contribution is 2.36. The molecule has 17 heavy (non-hydrogen) atoms. The molecule has 0 bridgehead atoms. The Kier molecular flexibility index (Phi) is 4.78. The lowest BCUT2D eigenvalue weighted by molar-refractivity contribution is -0.127. The summed E-state index contributed by atoms with van der Waals surface area (Å²) in [5, 5.41) is 3.21. The molecule has 0 unspecified atom stereocenters. The maximum atomic E-state index is 11.6. The van der Waals surface area contributed by atoms with Crippen LogP contribution in [0.5, 0.6) is 0 Å². The number of rotatable bonds is 5. The third-order valence-electron chi connectivity index (χ3n) is 4.15. The largest absolute Gasteiger partial charge is 0.415 e. The molecule has 1 saturated carbocycles. The minimum atomic E-state index is -1.65. The second-order valence-electron chi connectivity index (χ2n) is 6.53. The molecule has 0 aromatic heterocycles. The highest BCUT2D eigenvalue weighted by molar-refractivity contribution is 6.74. The molecule has 0 atom stereocenters. The predicted molar refractivity (Wildman–Crippen MR) is 73.5 cm³/mol. The standard InChI is InChI=1S/C13H27NO2Si/c1-13(2,3)17(4,5)16-10-9-14-12(15)11-7-6-8-11/h11H,6-10H2,1-5H3,(H,14,15). The van der Waals surface area contributed by atoms with E-state index in [2.05, 4.69) is 39.2 Å². The van der Waals surface area contributed by atoms with Crippen molar-refractivity contribution in [2.45, 2.75) is 58.2 Å². The van der Waals surface area contributed by atoms with E-state index in [1.807, 2.05) is 0 Å². The number of amides is 1. The Hall–Kier alpha value is -0.353. The summed E-state index contributed by atoms with van der Waals surface area (Å²) >= 11 is 0. The number of hydrogen-bond donors (Lipinski definition) is 1. The zero-order valence-corrected chi connectivity index (χ0v) is 12.9. The Morgan fingerprint density at radius 3 is 2.35 bits per heavy atom. The van der Waals surface area contributed by atoms with Crippen molar-refractivity contribution < 1.29 is 9.22 Å². The summed E-state index contributed by atoms with van der Waals surface area (Å²) in [6.45, 7) is 12.5. The monoisotopic (exact) mass is 257 g/mol. The number of nitrogens with one attached hydrogen (secondary N) is 1. The average molecular weight is 257 g/mol. The van der Waals surface area contributed by atoms with Crippen molar-refractivity contribution in [2.75, 3.05) is 13.2 Å². The van der Waals surface area contributed by atoms with Crippen LogP contribution in [0.25, 0.3) is 0 Å². The van der Waals surface area contributed by atoms with Gasteiger partial charge in [0.25, 0.3) is 0 Å². The van der Waals surface area contributed by atoms with Gasteiger partial charge in [0.15, 0.2) is 8.32 Å². The molecule has 1 aliphatic carbocycles. The van der Waals surface area contributed by atoms with Gasteiger partial charge in [-0.3, -0.25) is 4.79 Å². The van der Waals surface area contributed by atoms with E-state index < -0.39 is 8.32 Å². The maximum Gasteiger partial charge on any atom is 0.223 e. The molecule has 0 aromatic rings.